The third-order valence-corrected chi connectivity index (χ3v) is 7.44. The summed E-state index contributed by atoms with van der Waals surface area (Å²) in [4.78, 5) is 5.37. The molecule has 0 atom stereocenters. The van der Waals surface area contributed by atoms with Crippen LogP contribution in [0.3, 0.4) is 0 Å². The van der Waals surface area contributed by atoms with Crippen molar-refractivity contribution in [2.45, 2.75) is 25.7 Å². The van der Waals surface area contributed by atoms with Gasteiger partial charge < -0.3 is 9.47 Å². The van der Waals surface area contributed by atoms with Crippen LogP contribution in [0.4, 0.5) is 0 Å². The number of benzene rings is 3. The zero-order valence-electron chi connectivity index (χ0n) is 18.7. The fourth-order valence-electron chi connectivity index (χ4n) is 5.35. The van der Waals surface area contributed by atoms with Crippen LogP contribution in [0.25, 0.3) is 33.6 Å². The van der Waals surface area contributed by atoms with E-state index in [1.54, 1.807) is 14.2 Å². The minimum atomic E-state index is 0.868. The molecule has 6 rings (SSSR count). The second kappa shape index (κ2) is 8.03. The molecule has 1 aromatic heterocycles. The molecule has 4 heteroatoms. The molecule has 164 valence electrons. The average molecular weight is 498 g/mol. The van der Waals surface area contributed by atoms with Crippen molar-refractivity contribution in [2.75, 3.05) is 14.2 Å². The molecule has 0 aliphatic heterocycles. The summed E-state index contributed by atoms with van der Waals surface area (Å²) in [7, 11) is 3.45. The summed E-state index contributed by atoms with van der Waals surface area (Å²) in [5.41, 5.74) is 12.5. The monoisotopic (exact) mass is 497 g/mol. The van der Waals surface area contributed by atoms with E-state index in [0.29, 0.717) is 0 Å². The molecular formula is C29H24BrNO2. The van der Waals surface area contributed by atoms with E-state index in [2.05, 4.69) is 76.6 Å². The fraction of sp³-hybridized carbons (Fsp3) is 0.207. The predicted octanol–water partition coefficient (Wildman–Crippen LogP) is 7.06. The molecule has 2 aliphatic carbocycles. The number of halogens is 1. The normalized spacial score (nSPS) is 13.4. The summed E-state index contributed by atoms with van der Waals surface area (Å²) >= 11 is 3.69. The van der Waals surface area contributed by atoms with Crippen LogP contribution in [0.5, 0.6) is 11.5 Å². The molecule has 0 bridgehead atoms. The van der Waals surface area contributed by atoms with Crippen LogP contribution in [0, 0.1) is 0 Å². The van der Waals surface area contributed by atoms with Crippen LogP contribution in [0.2, 0.25) is 0 Å². The smallest absolute Gasteiger partial charge is 0.119 e. The van der Waals surface area contributed by atoms with E-state index in [4.69, 9.17) is 14.5 Å². The van der Waals surface area contributed by atoms with Gasteiger partial charge in [0.05, 0.1) is 25.6 Å². The third-order valence-electron chi connectivity index (χ3n) is 6.95. The number of rotatable bonds is 3. The number of hydrogen-bond donors (Lipinski definition) is 0. The molecule has 4 aromatic rings. The van der Waals surface area contributed by atoms with E-state index in [1.165, 1.54) is 44.5 Å². The first kappa shape index (κ1) is 20.5. The van der Waals surface area contributed by atoms with Crippen molar-refractivity contribution in [1.82, 2.24) is 4.98 Å². The van der Waals surface area contributed by atoms with Crippen LogP contribution in [-0.4, -0.2) is 19.2 Å². The molecule has 0 spiro atoms. The van der Waals surface area contributed by atoms with Gasteiger partial charge in [0.2, 0.25) is 0 Å². The molecule has 0 saturated carbocycles. The molecule has 33 heavy (non-hydrogen) atoms. The summed E-state index contributed by atoms with van der Waals surface area (Å²) in [5.74, 6) is 1.74. The number of aromatic nitrogens is 1. The van der Waals surface area contributed by atoms with Crippen LogP contribution in [0.1, 0.15) is 22.3 Å². The van der Waals surface area contributed by atoms with Gasteiger partial charge in [-0.05, 0) is 95.5 Å². The lowest BCUT2D eigenvalue weighted by molar-refractivity contribution is 0.414. The Balaban J connectivity index is 1.70. The highest BCUT2D eigenvalue weighted by Crippen LogP contribution is 2.46. The van der Waals surface area contributed by atoms with Crippen molar-refractivity contribution in [1.29, 1.82) is 0 Å². The van der Waals surface area contributed by atoms with Crippen molar-refractivity contribution in [3.63, 3.8) is 0 Å². The summed E-state index contributed by atoms with van der Waals surface area (Å²) in [5, 5.41) is 0. The quantitative estimate of drug-likeness (QED) is 0.303. The molecule has 0 amide bonds. The van der Waals surface area contributed by atoms with Gasteiger partial charge in [-0.15, -0.1) is 0 Å². The summed E-state index contributed by atoms with van der Waals surface area (Å²) < 4.78 is 12.2. The highest BCUT2D eigenvalue weighted by Gasteiger charge is 2.29. The van der Waals surface area contributed by atoms with Gasteiger partial charge in [-0.1, -0.05) is 40.2 Å². The summed E-state index contributed by atoms with van der Waals surface area (Å²) in [6.45, 7) is 0. The Kier molecular flexibility index (Phi) is 4.99. The highest BCUT2D eigenvalue weighted by atomic mass is 79.9. The zero-order chi connectivity index (χ0) is 22.5. The Bertz CT molecular complexity index is 1330. The topological polar surface area (TPSA) is 31.4 Å². The second-order valence-electron chi connectivity index (χ2n) is 8.70. The lowest BCUT2D eigenvalue weighted by atomic mass is 9.78. The summed E-state index contributed by atoms with van der Waals surface area (Å²) in [6.07, 6.45) is 4.00. The Hall–Kier alpha value is -3.11. The first-order valence-electron chi connectivity index (χ1n) is 11.3. The number of pyridine rings is 1. The zero-order valence-corrected chi connectivity index (χ0v) is 20.3. The lowest BCUT2D eigenvalue weighted by Crippen LogP contribution is -2.15. The van der Waals surface area contributed by atoms with E-state index in [9.17, 15) is 0 Å². The molecule has 3 aromatic carbocycles. The maximum atomic E-state index is 5.57. The maximum Gasteiger partial charge on any atom is 0.119 e. The SMILES string of the molecule is COc1ccc2c(c1)-c1nc3c(c(-c4cccc(Br)c4)c1CC2)CCc1ccc(OC)cc1-3. The van der Waals surface area contributed by atoms with Crippen molar-refractivity contribution < 1.29 is 9.47 Å². The molecule has 0 radical (unpaired) electrons. The number of methoxy groups -OCH3 is 2. The maximum absolute atomic E-state index is 5.57. The molecule has 0 fully saturated rings. The van der Waals surface area contributed by atoms with E-state index < -0.39 is 0 Å². The van der Waals surface area contributed by atoms with E-state index >= 15 is 0 Å². The average Bonchev–Trinajstić information content (AvgIpc) is 2.86. The second-order valence-corrected chi connectivity index (χ2v) is 9.61. The number of fused-ring (bicyclic) bond motifs is 6. The van der Waals surface area contributed by atoms with Crippen LogP contribution >= 0.6 is 15.9 Å². The Morgan fingerprint density at radius 3 is 1.79 bits per heavy atom. The van der Waals surface area contributed by atoms with Gasteiger partial charge in [0.15, 0.2) is 0 Å². The first-order valence-corrected chi connectivity index (χ1v) is 12.1. The van der Waals surface area contributed by atoms with Gasteiger partial charge in [-0.3, -0.25) is 0 Å². The Morgan fingerprint density at radius 2 is 1.27 bits per heavy atom. The highest BCUT2D eigenvalue weighted by molar-refractivity contribution is 9.10. The van der Waals surface area contributed by atoms with Crippen molar-refractivity contribution in [2.24, 2.45) is 0 Å². The van der Waals surface area contributed by atoms with Gasteiger partial charge in [0.25, 0.3) is 0 Å². The fourth-order valence-corrected chi connectivity index (χ4v) is 5.75. The number of ether oxygens (including phenoxy) is 2. The van der Waals surface area contributed by atoms with Gasteiger partial charge in [0, 0.05) is 15.6 Å². The van der Waals surface area contributed by atoms with E-state index in [-0.39, 0.29) is 0 Å². The lowest BCUT2D eigenvalue weighted by Gasteiger charge is -2.29. The number of hydrogen-bond acceptors (Lipinski definition) is 3. The van der Waals surface area contributed by atoms with Gasteiger partial charge in [-0.25, -0.2) is 4.98 Å². The molecule has 0 saturated heterocycles. The van der Waals surface area contributed by atoms with Gasteiger partial charge in [-0.2, -0.15) is 0 Å². The van der Waals surface area contributed by atoms with Crippen molar-refractivity contribution >= 4 is 15.9 Å². The van der Waals surface area contributed by atoms with Gasteiger partial charge >= 0.3 is 0 Å². The van der Waals surface area contributed by atoms with Crippen molar-refractivity contribution in [3.05, 3.63) is 87.4 Å². The Labute approximate surface area is 202 Å². The largest absolute Gasteiger partial charge is 0.497 e. The molecule has 1 heterocycles. The van der Waals surface area contributed by atoms with Crippen LogP contribution < -0.4 is 9.47 Å². The van der Waals surface area contributed by atoms with Crippen LogP contribution in [0.15, 0.2) is 65.1 Å². The summed E-state index contributed by atoms with van der Waals surface area (Å²) in [6, 6.07) is 21.4. The predicted molar refractivity (Wildman–Crippen MR) is 136 cm³/mol. The number of nitrogens with zero attached hydrogens (tertiary/aromatic N) is 1. The minimum Gasteiger partial charge on any atom is -0.497 e. The number of aryl methyl sites for hydroxylation is 2. The Morgan fingerprint density at radius 1 is 0.697 bits per heavy atom. The first-order chi connectivity index (χ1) is 16.2. The molecule has 3 nitrogen and oxygen atoms in total. The molecule has 2 aliphatic rings. The van der Waals surface area contributed by atoms with Crippen LogP contribution in [-0.2, 0) is 25.7 Å². The van der Waals surface area contributed by atoms with Crippen molar-refractivity contribution in [3.8, 4) is 45.1 Å². The standard InChI is InChI=1S/C29H24BrNO2/c1-32-21-10-6-17-8-12-23-27(19-4-3-5-20(30)14-19)24-13-9-18-7-11-22(33-2)16-26(18)29(24)31-28(23)25(17)15-21/h3-7,10-11,14-16H,8-9,12-13H2,1-2H3. The molecule has 0 unspecified atom stereocenters. The molecular weight excluding hydrogens is 474 g/mol. The van der Waals surface area contributed by atoms with E-state index in [0.717, 1.165) is 53.0 Å². The third kappa shape index (κ3) is 3.36. The molecule has 0 N–H and O–H groups in total. The van der Waals surface area contributed by atoms with Gasteiger partial charge in [0.1, 0.15) is 11.5 Å². The van der Waals surface area contributed by atoms with E-state index in [1.807, 2.05) is 0 Å². The minimum absolute atomic E-state index is 0.868.